The average molecular weight is 302 g/mol. The van der Waals surface area contributed by atoms with Crippen LogP contribution in [-0.4, -0.2) is 30.2 Å². The molecule has 20 heavy (non-hydrogen) atoms. The molecule has 0 saturated carbocycles. The molecule has 9 heteroatoms. The van der Waals surface area contributed by atoms with Crippen LogP contribution in [0.15, 0.2) is 23.1 Å². The van der Waals surface area contributed by atoms with E-state index in [2.05, 4.69) is 5.43 Å². The number of hydrogen-bond acceptors (Lipinski definition) is 6. The summed E-state index contributed by atoms with van der Waals surface area (Å²) in [6, 6.07) is 3.20. The van der Waals surface area contributed by atoms with Crippen LogP contribution < -0.4 is 11.3 Å². The first kappa shape index (κ1) is 16.3. The molecule has 0 fully saturated rings. The number of non-ortho nitro benzene ring substituents is 1. The smallest absolute Gasteiger partial charge is 0.271 e. The Hall–Kier alpha value is -1.71. The van der Waals surface area contributed by atoms with E-state index in [1.165, 1.54) is 10.4 Å². The van der Waals surface area contributed by atoms with Gasteiger partial charge in [-0.3, -0.25) is 16.0 Å². The van der Waals surface area contributed by atoms with E-state index in [0.29, 0.717) is 6.54 Å². The van der Waals surface area contributed by atoms with Crippen molar-refractivity contribution in [3.05, 3.63) is 28.3 Å². The summed E-state index contributed by atoms with van der Waals surface area (Å²) in [6.45, 7) is 5.52. The minimum Gasteiger partial charge on any atom is -0.323 e. The second-order valence-corrected chi connectivity index (χ2v) is 6.24. The number of hydrazine groups is 1. The lowest BCUT2D eigenvalue weighted by Gasteiger charge is -2.25. The molecular formula is C11H18N4O4S. The average Bonchev–Trinajstić information content (AvgIpc) is 2.37. The van der Waals surface area contributed by atoms with E-state index in [9.17, 15) is 18.5 Å². The molecule has 0 spiro atoms. The van der Waals surface area contributed by atoms with Gasteiger partial charge in [-0.15, -0.1) is 0 Å². The zero-order valence-corrected chi connectivity index (χ0v) is 12.3. The minimum absolute atomic E-state index is 0.00157. The van der Waals surface area contributed by atoms with E-state index in [4.69, 9.17) is 5.84 Å². The van der Waals surface area contributed by atoms with Crippen molar-refractivity contribution >= 4 is 21.4 Å². The van der Waals surface area contributed by atoms with Gasteiger partial charge in [-0.05, 0) is 19.9 Å². The Balaban J connectivity index is 3.42. The Morgan fingerprint density at radius 2 is 2.05 bits per heavy atom. The molecule has 0 aliphatic heterocycles. The molecule has 0 aromatic heterocycles. The predicted octanol–water partition coefficient (Wildman–Crippen LogP) is 1.30. The van der Waals surface area contributed by atoms with Crippen molar-refractivity contribution in [3.63, 3.8) is 0 Å². The summed E-state index contributed by atoms with van der Waals surface area (Å²) in [5.41, 5.74) is 1.97. The summed E-state index contributed by atoms with van der Waals surface area (Å²) < 4.78 is 26.3. The molecule has 0 amide bonds. The zero-order valence-electron chi connectivity index (χ0n) is 11.5. The van der Waals surface area contributed by atoms with Crippen LogP contribution >= 0.6 is 0 Å². The highest BCUT2D eigenvalue weighted by atomic mass is 32.2. The Morgan fingerprint density at radius 3 is 2.45 bits per heavy atom. The van der Waals surface area contributed by atoms with Crippen molar-refractivity contribution in [1.82, 2.24) is 4.31 Å². The van der Waals surface area contributed by atoms with Crippen LogP contribution in [0, 0.1) is 10.1 Å². The maximum absolute atomic E-state index is 12.5. The summed E-state index contributed by atoms with van der Waals surface area (Å²) >= 11 is 0. The highest BCUT2D eigenvalue weighted by molar-refractivity contribution is 7.89. The predicted molar refractivity (Wildman–Crippen MR) is 75.6 cm³/mol. The zero-order chi connectivity index (χ0) is 15.5. The second-order valence-electron chi connectivity index (χ2n) is 4.38. The number of nitrogen functional groups attached to an aromatic ring is 1. The van der Waals surface area contributed by atoms with Gasteiger partial charge in [-0.2, -0.15) is 4.31 Å². The molecule has 1 aromatic carbocycles. The summed E-state index contributed by atoms with van der Waals surface area (Å²) in [4.78, 5) is 10.0. The van der Waals surface area contributed by atoms with Crippen molar-refractivity contribution < 1.29 is 13.3 Å². The van der Waals surface area contributed by atoms with Crippen LogP contribution in [0.3, 0.4) is 0 Å². The van der Waals surface area contributed by atoms with Crippen molar-refractivity contribution in [2.24, 2.45) is 5.84 Å². The van der Waals surface area contributed by atoms with Gasteiger partial charge in [0.15, 0.2) is 0 Å². The van der Waals surface area contributed by atoms with Gasteiger partial charge in [0.05, 0.1) is 10.6 Å². The van der Waals surface area contributed by atoms with Crippen molar-refractivity contribution in [2.75, 3.05) is 12.0 Å². The number of sulfonamides is 1. The molecule has 1 aromatic rings. The molecule has 0 atom stereocenters. The second kappa shape index (κ2) is 6.16. The molecule has 3 N–H and O–H groups in total. The molecule has 0 heterocycles. The number of nitrogens with two attached hydrogens (primary N) is 1. The van der Waals surface area contributed by atoms with E-state index in [1.54, 1.807) is 20.8 Å². The molecule has 1 rings (SSSR count). The first-order valence-electron chi connectivity index (χ1n) is 6.02. The summed E-state index contributed by atoms with van der Waals surface area (Å²) in [5.74, 6) is 5.28. The first-order chi connectivity index (χ1) is 9.25. The summed E-state index contributed by atoms with van der Waals surface area (Å²) in [6.07, 6.45) is 0. The molecule has 0 aliphatic carbocycles. The van der Waals surface area contributed by atoms with Gasteiger partial charge in [0, 0.05) is 24.7 Å². The fourth-order valence-electron chi connectivity index (χ4n) is 1.91. The topological polar surface area (TPSA) is 119 Å². The van der Waals surface area contributed by atoms with E-state index < -0.39 is 14.9 Å². The van der Waals surface area contributed by atoms with Gasteiger partial charge in [0.25, 0.3) is 5.69 Å². The fourth-order valence-corrected chi connectivity index (χ4v) is 3.69. The minimum atomic E-state index is -3.77. The molecule has 112 valence electrons. The monoisotopic (exact) mass is 302 g/mol. The molecule has 0 radical (unpaired) electrons. The molecule has 0 unspecified atom stereocenters. The van der Waals surface area contributed by atoms with Crippen LogP contribution in [-0.2, 0) is 10.0 Å². The number of nitro benzene ring substituents is 1. The third kappa shape index (κ3) is 3.06. The van der Waals surface area contributed by atoms with Gasteiger partial charge in [-0.25, -0.2) is 8.42 Å². The van der Waals surface area contributed by atoms with Crippen LogP contribution in [0.4, 0.5) is 11.4 Å². The molecule has 0 aliphatic rings. The van der Waals surface area contributed by atoms with E-state index in [0.717, 1.165) is 12.1 Å². The highest BCUT2D eigenvalue weighted by Crippen LogP contribution is 2.28. The maximum Gasteiger partial charge on any atom is 0.271 e. The Labute approximate surface area is 117 Å². The fraction of sp³-hybridized carbons (Fsp3) is 0.455. The van der Waals surface area contributed by atoms with Crippen LogP contribution in [0.1, 0.15) is 20.8 Å². The standard InChI is InChI=1S/C11H18N4O4S/c1-4-14(8(2)3)20(18,19)11-6-5-9(15(16)17)7-10(11)13-12/h5-8,13H,4,12H2,1-3H3. The largest absolute Gasteiger partial charge is 0.323 e. The Morgan fingerprint density at radius 1 is 1.45 bits per heavy atom. The molecule has 0 bridgehead atoms. The SMILES string of the molecule is CCN(C(C)C)S(=O)(=O)c1ccc([N+](=O)[O-])cc1NN. The van der Waals surface area contributed by atoms with Gasteiger partial charge in [-0.1, -0.05) is 6.92 Å². The number of hydrogen-bond donors (Lipinski definition) is 2. The van der Waals surface area contributed by atoms with E-state index in [1.807, 2.05) is 0 Å². The van der Waals surface area contributed by atoms with Gasteiger partial charge >= 0.3 is 0 Å². The van der Waals surface area contributed by atoms with Crippen LogP contribution in [0.2, 0.25) is 0 Å². The summed E-state index contributed by atoms with van der Waals surface area (Å²) in [5, 5.41) is 10.7. The van der Waals surface area contributed by atoms with Gasteiger partial charge in [0.1, 0.15) is 4.90 Å². The van der Waals surface area contributed by atoms with E-state index >= 15 is 0 Å². The lowest BCUT2D eigenvalue weighted by atomic mass is 10.3. The van der Waals surface area contributed by atoms with Crippen LogP contribution in [0.25, 0.3) is 0 Å². The van der Waals surface area contributed by atoms with Crippen LogP contribution in [0.5, 0.6) is 0 Å². The number of benzene rings is 1. The lowest BCUT2D eigenvalue weighted by Crippen LogP contribution is -2.37. The number of rotatable bonds is 6. The lowest BCUT2D eigenvalue weighted by molar-refractivity contribution is -0.384. The van der Waals surface area contributed by atoms with Crippen molar-refractivity contribution in [1.29, 1.82) is 0 Å². The number of anilines is 1. The molecule has 0 saturated heterocycles. The number of nitrogens with zero attached hydrogens (tertiary/aromatic N) is 2. The summed E-state index contributed by atoms with van der Waals surface area (Å²) in [7, 11) is -3.77. The maximum atomic E-state index is 12.5. The van der Waals surface area contributed by atoms with Crippen molar-refractivity contribution in [3.8, 4) is 0 Å². The van der Waals surface area contributed by atoms with Gasteiger partial charge < -0.3 is 5.43 Å². The quantitative estimate of drug-likeness (QED) is 0.464. The molecule has 8 nitrogen and oxygen atoms in total. The molecular weight excluding hydrogens is 284 g/mol. The third-order valence-electron chi connectivity index (χ3n) is 2.80. The number of nitro groups is 1. The first-order valence-corrected chi connectivity index (χ1v) is 7.46. The Bertz CT molecular complexity index is 600. The third-order valence-corrected chi connectivity index (χ3v) is 5.01. The number of nitrogens with one attached hydrogen (secondary N) is 1. The van der Waals surface area contributed by atoms with E-state index in [-0.39, 0.29) is 22.3 Å². The Kier molecular flexibility index (Phi) is 5.03. The van der Waals surface area contributed by atoms with Gasteiger partial charge in [0.2, 0.25) is 10.0 Å². The van der Waals surface area contributed by atoms with Crippen molar-refractivity contribution in [2.45, 2.75) is 31.7 Å². The normalized spacial score (nSPS) is 11.9. The highest BCUT2D eigenvalue weighted by Gasteiger charge is 2.28.